The topological polar surface area (TPSA) is 41.5 Å². The largest absolute Gasteiger partial charge is 0.317 e. The van der Waals surface area contributed by atoms with Crippen molar-refractivity contribution >= 4 is 12.2 Å². The fourth-order valence-corrected chi connectivity index (χ4v) is 1.90. The Morgan fingerprint density at radius 1 is 1.45 bits per heavy atom. The van der Waals surface area contributed by atoms with Gasteiger partial charge in [-0.1, -0.05) is 12.8 Å². The number of amides is 1. The van der Waals surface area contributed by atoms with E-state index in [-0.39, 0.29) is 17.9 Å². The quantitative estimate of drug-likeness (QED) is 0.545. The van der Waals surface area contributed by atoms with E-state index in [1.807, 2.05) is 0 Å². The molecule has 1 N–H and O–H groups in total. The summed E-state index contributed by atoms with van der Waals surface area (Å²) in [5.74, 6) is 0.346. The van der Waals surface area contributed by atoms with E-state index < -0.39 is 0 Å². The van der Waals surface area contributed by atoms with Crippen LogP contribution in [0.5, 0.6) is 0 Å². The van der Waals surface area contributed by atoms with E-state index in [1.165, 1.54) is 12.8 Å². The molecule has 0 aromatic heterocycles. The zero-order valence-electron chi connectivity index (χ0n) is 6.42. The number of aliphatic imine (C=N–C) groups is 1. The van der Waals surface area contributed by atoms with Gasteiger partial charge in [-0.2, -0.15) is 0 Å². The summed E-state index contributed by atoms with van der Waals surface area (Å²) in [6.45, 7) is 0. The lowest BCUT2D eigenvalue weighted by Crippen LogP contribution is -2.42. The molecule has 1 aliphatic carbocycles. The van der Waals surface area contributed by atoms with Crippen LogP contribution in [0.15, 0.2) is 4.99 Å². The first kappa shape index (κ1) is 6.83. The minimum atomic E-state index is 0.171. The van der Waals surface area contributed by atoms with E-state index in [2.05, 4.69) is 10.3 Å². The molecule has 0 aromatic carbocycles. The van der Waals surface area contributed by atoms with Crippen molar-refractivity contribution < 1.29 is 4.79 Å². The van der Waals surface area contributed by atoms with E-state index in [1.54, 1.807) is 6.34 Å². The zero-order chi connectivity index (χ0) is 7.68. The van der Waals surface area contributed by atoms with E-state index >= 15 is 0 Å². The highest BCUT2D eigenvalue weighted by Gasteiger charge is 2.31. The molecule has 0 aromatic rings. The summed E-state index contributed by atoms with van der Waals surface area (Å²) in [7, 11) is 0. The molecule has 0 bridgehead atoms. The van der Waals surface area contributed by atoms with Gasteiger partial charge in [0.15, 0.2) is 0 Å². The number of fused-ring (bicyclic) bond motifs is 1. The molecule has 3 heteroatoms. The molecule has 0 spiro atoms. The second-order valence-corrected chi connectivity index (χ2v) is 3.25. The van der Waals surface area contributed by atoms with E-state index in [4.69, 9.17) is 0 Å². The number of hydrogen-bond donors (Lipinski definition) is 1. The molecule has 2 rings (SSSR count). The van der Waals surface area contributed by atoms with Gasteiger partial charge in [-0.25, -0.2) is 0 Å². The lowest BCUT2D eigenvalue weighted by Gasteiger charge is -2.29. The van der Waals surface area contributed by atoms with Crippen molar-refractivity contribution in [3.05, 3.63) is 0 Å². The van der Waals surface area contributed by atoms with Gasteiger partial charge in [-0.05, 0) is 12.8 Å². The van der Waals surface area contributed by atoms with Gasteiger partial charge in [0, 0.05) is 0 Å². The first-order valence-corrected chi connectivity index (χ1v) is 4.20. The Hall–Kier alpha value is -0.860. The number of hydrogen-bond acceptors (Lipinski definition) is 2. The Labute approximate surface area is 65.9 Å². The van der Waals surface area contributed by atoms with E-state index in [0.29, 0.717) is 0 Å². The van der Waals surface area contributed by atoms with E-state index in [0.717, 1.165) is 12.8 Å². The molecular weight excluding hydrogens is 140 g/mol. The van der Waals surface area contributed by atoms with Gasteiger partial charge in [-0.3, -0.25) is 9.79 Å². The summed E-state index contributed by atoms with van der Waals surface area (Å²) in [4.78, 5) is 15.5. The highest BCUT2D eigenvalue weighted by atomic mass is 16.2. The zero-order valence-corrected chi connectivity index (χ0v) is 6.42. The lowest BCUT2D eigenvalue weighted by molar-refractivity contribution is -0.125. The average Bonchev–Trinajstić information content (AvgIpc) is 2.06. The molecule has 1 heterocycles. The van der Waals surface area contributed by atoms with Crippen LogP contribution in [0.4, 0.5) is 0 Å². The molecular formula is C8H12N2O. The predicted molar refractivity (Wildman–Crippen MR) is 42.4 cm³/mol. The summed E-state index contributed by atoms with van der Waals surface area (Å²) in [5.41, 5.74) is 0. The van der Waals surface area contributed by atoms with Gasteiger partial charge >= 0.3 is 0 Å². The third-order valence-electron chi connectivity index (χ3n) is 2.54. The second-order valence-electron chi connectivity index (χ2n) is 3.25. The first-order chi connectivity index (χ1) is 5.38. The average molecular weight is 152 g/mol. The number of nitrogens with one attached hydrogen (secondary N) is 1. The van der Waals surface area contributed by atoms with Gasteiger partial charge in [0.1, 0.15) is 0 Å². The Morgan fingerprint density at radius 2 is 2.27 bits per heavy atom. The molecule has 2 atom stereocenters. The van der Waals surface area contributed by atoms with Crippen molar-refractivity contribution in [2.75, 3.05) is 0 Å². The van der Waals surface area contributed by atoms with Crippen LogP contribution in [0.25, 0.3) is 0 Å². The molecule has 0 unspecified atom stereocenters. The molecule has 1 saturated carbocycles. The maximum Gasteiger partial charge on any atom is 0.230 e. The van der Waals surface area contributed by atoms with Crippen molar-refractivity contribution in [3.63, 3.8) is 0 Å². The van der Waals surface area contributed by atoms with Crippen molar-refractivity contribution in [3.8, 4) is 0 Å². The van der Waals surface area contributed by atoms with E-state index in [9.17, 15) is 4.79 Å². The maximum atomic E-state index is 11.2. The number of carbonyl (C=O) groups excluding carboxylic acids is 1. The van der Waals surface area contributed by atoms with Crippen LogP contribution in [0.2, 0.25) is 0 Å². The van der Waals surface area contributed by atoms with Crippen LogP contribution in [-0.4, -0.2) is 18.3 Å². The van der Waals surface area contributed by atoms with Crippen LogP contribution < -0.4 is 5.32 Å². The molecule has 3 nitrogen and oxygen atoms in total. The Kier molecular flexibility index (Phi) is 1.64. The van der Waals surface area contributed by atoms with Gasteiger partial charge in [0.05, 0.1) is 18.3 Å². The predicted octanol–water partition coefficient (Wildman–Crippen LogP) is 0.703. The molecule has 60 valence electrons. The lowest BCUT2D eigenvalue weighted by atomic mass is 9.84. The van der Waals surface area contributed by atoms with Gasteiger partial charge < -0.3 is 5.32 Å². The van der Waals surface area contributed by atoms with Crippen LogP contribution in [0, 0.1) is 5.92 Å². The molecule has 2 aliphatic rings. The maximum absolute atomic E-state index is 11.2. The monoisotopic (exact) mass is 152 g/mol. The van der Waals surface area contributed by atoms with Crippen molar-refractivity contribution in [1.82, 2.24) is 5.32 Å². The van der Waals surface area contributed by atoms with Gasteiger partial charge in [-0.15, -0.1) is 0 Å². The molecule has 1 amide bonds. The first-order valence-electron chi connectivity index (χ1n) is 4.20. The third-order valence-corrected chi connectivity index (χ3v) is 2.54. The molecule has 0 radical (unpaired) electrons. The number of nitrogens with zero attached hydrogens (tertiary/aromatic N) is 1. The van der Waals surface area contributed by atoms with Crippen LogP contribution in [-0.2, 0) is 4.79 Å². The highest BCUT2D eigenvalue weighted by Crippen LogP contribution is 2.27. The fraction of sp³-hybridized carbons (Fsp3) is 0.750. The smallest absolute Gasteiger partial charge is 0.230 e. The third kappa shape index (κ3) is 1.15. The Bertz CT molecular complexity index is 200. The van der Waals surface area contributed by atoms with Gasteiger partial charge in [0.25, 0.3) is 0 Å². The molecule has 1 aliphatic heterocycles. The summed E-state index contributed by atoms with van der Waals surface area (Å²) in [6, 6.07) is 0.289. The Balaban J connectivity index is 2.15. The number of rotatable bonds is 0. The van der Waals surface area contributed by atoms with Crippen molar-refractivity contribution in [1.29, 1.82) is 0 Å². The SMILES string of the molecule is O=C1NC=N[C@H]2CCCC[C@@H]12. The summed E-state index contributed by atoms with van der Waals surface area (Å²) < 4.78 is 0. The second kappa shape index (κ2) is 2.64. The van der Waals surface area contributed by atoms with Crippen LogP contribution in [0.1, 0.15) is 25.7 Å². The Morgan fingerprint density at radius 3 is 3.09 bits per heavy atom. The molecule has 0 saturated heterocycles. The standard InChI is InChI=1S/C8H12N2O/c11-8-6-3-1-2-4-7(6)9-5-10-8/h5-7H,1-4H2,(H,9,10,11)/t6-,7+/m1/s1. The minimum Gasteiger partial charge on any atom is -0.317 e. The summed E-state index contributed by atoms with van der Waals surface area (Å²) >= 11 is 0. The van der Waals surface area contributed by atoms with Crippen molar-refractivity contribution in [2.24, 2.45) is 10.9 Å². The minimum absolute atomic E-state index is 0.171. The molecule has 11 heavy (non-hydrogen) atoms. The molecule has 1 fully saturated rings. The van der Waals surface area contributed by atoms with Gasteiger partial charge in [0.2, 0.25) is 5.91 Å². The highest BCUT2D eigenvalue weighted by molar-refractivity contribution is 5.91. The fourth-order valence-electron chi connectivity index (χ4n) is 1.90. The normalized spacial score (nSPS) is 36.2. The summed E-state index contributed by atoms with van der Waals surface area (Å²) in [6.07, 6.45) is 6.08. The summed E-state index contributed by atoms with van der Waals surface area (Å²) in [5, 5.41) is 2.65. The van der Waals surface area contributed by atoms with Crippen molar-refractivity contribution in [2.45, 2.75) is 31.7 Å². The van der Waals surface area contributed by atoms with Crippen LogP contribution >= 0.6 is 0 Å². The number of carbonyl (C=O) groups is 1. The van der Waals surface area contributed by atoms with Crippen LogP contribution in [0.3, 0.4) is 0 Å².